The number of rotatable bonds is 6. The van der Waals surface area contributed by atoms with Crippen LogP contribution in [-0.4, -0.2) is 44.2 Å². The molecule has 28 heavy (non-hydrogen) atoms. The fraction of sp³-hybridized carbons (Fsp3) is 0.333. The molecule has 1 N–H and O–H groups in total. The summed E-state index contributed by atoms with van der Waals surface area (Å²) in [6.45, 7) is 5.87. The van der Waals surface area contributed by atoms with Crippen molar-refractivity contribution in [2.45, 2.75) is 27.2 Å². The minimum Gasteiger partial charge on any atom is -0.464 e. The van der Waals surface area contributed by atoms with E-state index in [0.29, 0.717) is 34.5 Å². The Hall–Kier alpha value is -3.14. The number of esters is 1. The van der Waals surface area contributed by atoms with E-state index in [1.54, 1.807) is 31.2 Å². The van der Waals surface area contributed by atoms with Gasteiger partial charge in [0.1, 0.15) is 0 Å². The van der Waals surface area contributed by atoms with E-state index in [4.69, 9.17) is 4.74 Å². The predicted octanol–water partition coefficient (Wildman–Crippen LogP) is 2.66. The quantitative estimate of drug-likeness (QED) is 0.633. The molecule has 9 nitrogen and oxygen atoms in total. The van der Waals surface area contributed by atoms with Gasteiger partial charge >= 0.3 is 5.97 Å². The first-order chi connectivity index (χ1) is 13.4. The molecule has 0 bridgehead atoms. The third-order valence-electron chi connectivity index (χ3n) is 3.87. The molecule has 0 fully saturated rings. The highest BCUT2D eigenvalue weighted by Gasteiger charge is 2.21. The number of aromatic nitrogens is 5. The molecule has 1 aromatic carbocycles. The number of nitrogens with one attached hydrogen (secondary N) is 1. The van der Waals surface area contributed by atoms with Gasteiger partial charge in [0.25, 0.3) is 5.91 Å². The standard InChI is InChI=1S/C18H20N6O3S/c1-10(2)8-14-15(17(26)27-4)19-18(28-14)20-16(25)12-6-5-7-13(9-12)24-11(3)21-22-23-24/h5-7,9-10H,8H2,1-4H3,(H,19,20,25). The summed E-state index contributed by atoms with van der Waals surface area (Å²) in [5.41, 5.74) is 1.34. The summed E-state index contributed by atoms with van der Waals surface area (Å²) >= 11 is 1.28. The third-order valence-corrected chi connectivity index (χ3v) is 4.86. The molecule has 2 heterocycles. The van der Waals surface area contributed by atoms with Crippen LogP contribution in [0.2, 0.25) is 0 Å². The molecule has 1 amide bonds. The zero-order valence-electron chi connectivity index (χ0n) is 16.0. The van der Waals surface area contributed by atoms with Crippen molar-refractivity contribution in [3.63, 3.8) is 0 Å². The van der Waals surface area contributed by atoms with Gasteiger partial charge in [0, 0.05) is 10.4 Å². The van der Waals surface area contributed by atoms with Crippen molar-refractivity contribution in [3.8, 4) is 5.69 Å². The molecule has 0 aliphatic rings. The van der Waals surface area contributed by atoms with Crippen LogP contribution in [0.1, 0.15) is 45.4 Å². The molecule has 10 heteroatoms. The Bertz CT molecular complexity index is 1010. The predicted molar refractivity (Wildman–Crippen MR) is 104 cm³/mol. The minimum absolute atomic E-state index is 0.245. The van der Waals surface area contributed by atoms with Gasteiger partial charge in [0.2, 0.25) is 0 Å². The number of carbonyl (C=O) groups is 2. The maximum absolute atomic E-state index is 12.7. The lowest BCUT2D eigenvalue weighted by atomic mass is 10.1. The molecule has 0 aliphatic carbocycles. The molecule has 146 valence electrons. The van der Waals surface area contributed by atoms with Crippen LogP contribution in [0.25, 0.3) is 5.69 Å². The van der Waals surface area contributed by atoms with Crippen molar-refractivity contribution in [2.75, 3.05) is 12.4 Å². The van der Waals surface area contributed by atoms with Crippen molar-refractivity contribution in [1.29, 1.82) is 0 Å². The number of carbonyl (C=O) groups excluding carboxylic acids is 2. The molecule has 3 aromatic rings. The normalized spacial score (nSPS) is 10.9. The number of anilines is 1. The number of tetrazole rings is 1. The van der Waals surface area contributed by atoms with Gasteiger partial charge < -0.3 is 4.74 Å². The zero-order chi connectivity index (χ0) is 20.3. The van der Waals surface area contributed by atoms with Crippen molar-refractivity contribution >= 4 is 28.3 Å². The van der Waals surface area contributed by atoms with Crippen molar-refractivity contribution in [2.24, 2.45) is 5.92 Å². The monoisotopic (exact) mass is 400 g/mol. The van der Waals surface area contributed by atoms with E-state index in [9.17, 15) is 9.59 Å². The number of ether oxygens (including phenoxy) is 1. The number of amides is 1. The Morgan fingerprint density at radius 2 is 2.11 bits per heavy atom. The van der Waals surface area contributed by atoms with E-state index in [0.717, 1.165) is 4.88 Å². The van der Waals surface area contributed by atoms with Gasteiger partial charge in [-0.1, -0.05) is 19.9 Å². The highest BCUT2D eigenvalue weighted by Crippen LogP contribution is 2.27. The van der Waals surface area contributed by atoms with Crippen molar-refractivity contribution in [3.05, 3.63) is 46.2 Å². The number of aryl methyl sites for hydroxylation is 1. The topological polar surface area (TPSA) is 112 Å². The van der Waals surface area contributed by atoms with Crippen LogP contribution in [0.4, 0.5) is 5.13 Å². The summed E-state index contributed by atoms with van der Waals surface area (Å²) in [4.78, 5) is 29.7. The van der Waals surface area contributed by atoms with Crippen LogP contribution < -0.4 is 5.32 Å². The summed E-state index contributed by atoms with van der Waals surface area (Å²) < 4.78 is 6.34. The van der Waals surface area contributed by atoms with Crippen LogP contribution in [0.5, 0.6) is 0 Å². The highest BCUT2D eigenvalue weighted by atomic mass is 32.1. The molecule has 0 atom stereocenters. The first kappa shape index (κ1) is 19.6. The Kier molecular flexibility index (Phi) is 5.78. The van der Waals surface area contributed by atoms with E-state index >= 15 is 0 Å². The molecule has 0 saturated carbocycles. The number of nitrogens with zero attached hydrogens (tertiary/aromatic N) is 5. The number of methoxy groups -OCH3 is 1. The van der Waals surface area contributed by atoms with Crippen LogP contribution in [-0.2, 0) is 11.2 Å². The SMILES string of the molecule is COC(=O)c1nc(NC(=O)c2cccc(-n3nnnc3C)c2)sc1CC(C)C. The lowest BCUT2D eigenvalue weighted by Crippen LogP contribution is -2.13. The fourth-order valence-corrected chi connectivity index (χ4v) is 3.75. The molecule has 2 aromatic heterocycles. The largest absolute Gasteiger partial charge is 0.464 e. The van der Waals surface area contributed by atoms with Crippen LogP contribution in [0.3, 0.4) is 0 Å². The third kappa shape index (κ3) is 4.22. The second-order valence-electron chi connectivity index (χ2n) is 6.52. The fourth-order valence-electron chi connectivity index (χ4n) is 2.59. The number of hydrogen-bond acceptors (Lipinski definition) is 8. The summed E-state index contributed by atoms with van der Waals surface area (Å²) in [5.74, 6) is 0.0968. The van der Waals surface area contributed by atoms with Gasteiger partial charge in [-0.15, -0.1) is 16.4 Å². The lowest BCUT2D eigenvalue weighted by Gasteiger charge is -2.05. The Morgan fingerprint density at radius 3 is 2.75 bits per heavy atom. The molecular weight excluding hydrogens is 380 g/mol. The molecule has 0 saturated heterocycles. The van der Waals surface area contributed by atoms with Gasteiger partial charge in [-0.3, -0.25) is 10.1 Å². The average Bonchev–Trinajstić information content (AvgIpc) is 3.26. The van der Waals surface area contributed by atoms with Crippen molar-refractivity contribution in [1.82, 2.24) is 25.2 Å². The second kappa shape index (κ2) is 8.26. The Balaban J connectivity index is 1.84. The van der Waals surface area contributed by atoms with Gasteiger partial charge in [0.05, 0.1) is 12.8 Å². The maximum Gasteiger partial charge on any atom is 0.357 e. The van der Waals surface area contributed by atoms with E-state index in [1.165, 1.54) is 23.1 Å². The van der Waals surface area contributed by atoms with E-state index in [2.05, 4.69) is 25.8 Å². The van der Waals surface area contributed by atoms with Crippen LogP contribution in [0.15, 0.2) is 24.3 Å². The Morgan fingerprint density at radius 1 is 1.32 bits per heavy atom. The van der Waals surface area contributed by atoms with Gasteiger partial charge in [-0.2, -0.15) is 4.68 Å². The summed E-state index contributed by atoms with van der Waals surface area (Å²) in [6.07, 6.45) is 0.673. The van der Waals surface area contributed by atoms with Gasteiger partial charge in [-0.25, -0.2) is 9.78 Å². The van der Waals surface area contributed by atoms with Gasteiger partial charge in [-0.05, 0) is 47.9 Å². The molecule has 3 rings (SSSR count). The number of benzene rings is 1. The maximum atomic E-state index is 12.7. The average molecular weight is 400 g/mol. The van der Waals surface area contributed by atoms with Crippen LogP contribution in [0, 0.1) is 12.8 Å². The summed E-state index contributed by atoms with van der Waals surface area (Å²) in [7, 11) is 1.31. The number of hydrogen-bond donors (Lipinski definition) is 1. The second-order valence-corrected chi connectivity index (χ2v) is 7.61. The summed E-state index contributed by atoms with van der Waals surface area (Å²) in [6, 6.07) is 6.92. The molecule has 0 unspecified atom stereocenters. The van der Waals surface area contributed by atoms with E-state index in [1.807, 2.05) is 13.8 Å². The van der Waals surface area contributed by atoms with Crippen molar-refractivity contribution < 1.29 is 14.3 Å². The van der Waals surface area contributed by atoms with Crippen LogP contribution >= 0.6 is 11.3 Å². The first-order valence-corrected chi connectivity index (χ1v) is 9.45. The Labute approximate surface area is 165 Å². The molecule has 0 spiro atoms. The van der Waals surface area contributed by atoms with Gasteiger partial charge in [0.15, 0.2) is 16.6 Å². The first-order valence-electron chi connectivity index (χ1n) is 8.63. The number of thiazole rings is 1. The molecule has 0 radical (unpaired) electrons. The van der Waals surface area contributed by atoms with E-state index < -0.39 is 5.97 Å². The summed E-state index contributed by atoms with van der Waals surface area (Å²) in [5, 5.41) is 14.5. The zero-order valence-corrected chi connectivity index (χ0v) is 16.8. The minimum atomic E-state index is -0.511. The lowest BCUT2D eigenvalue weighted by molar-refractivity contribution is 0.0593. The highest BCUT2D eigenvalue weighted by molar-refractivity contribution is 7.16. The smallest absolute Gasteiger partial charge is 0.357 e. The van der Waals surface area contributed by atoms with E-state index in [-0.39, 0.29) is 11.6 Å². The molecular formula is C18H20N6O3S. The molecule has 0 aliphatic heterocycles.